The number of rotatable bonds is 4. The Hall–Kier alpha value is -1.80. The van der Waals surface area contributed by atoms with Crippen molar-refractivity contribution < 1.29 is 0 Å². The fourth-order valence-electron chi connectivity index (χ4n) is 1.68. The summed E-state index contributed by atoms with van der Waals surface area (Å²) in [6.45, 7) is 0. The second-order valence-electron chi connectivity index (χ2n) is 4.04. The lowest BCUT2D eigenvalue weighted by atomic mass is 10.5. The molecule has 0 amide bonds. The first kappa shape index (κ1) is 11.3. The molecule has 0 saturated heterocycles. The van der Waals surface area contributed by atoms with E-state index in [1.54, 1.807) is 16.8 Å². The highest BCUT2D eigenvalue weighted by Gasteiger charge is 2.28. The molecule has 0 atom stereocenters. The van der Waals surface area contributed by atoms with Crippen LogP contribution in [0, 0.1) is 0 Å². The molecule has 1 fully saturated rings. The van der Waals surface area contributed by atoms with Gasteiger partial charge in [0, 0.05) is 17.1 Å². The summed E-state index contributed by atoms with van der Waals surface area (Å²) in [5.41, 5.74) is 2.34. The largest absolute Gasteiger partial charge is 0.344 e. The van der Waals surface area contributed by atoms with E-state index in [9.17, 15) is 4.79 Å². The van der Waals surface area contributed by atoms with Crippen LogP contribution < -0.4 is 17.0 Å². The van der Waals surface area contributed by atoms with Gasteiger partial charge in [-0.15, -0.1) is 5.10 Å². The molecule has 1 aliphatic rings. The summed E-state index contributed by atoms with van der Waals surface area (Å²) in [6.07, 6.45) is 3.74. The molecule has 0 radical (unpaired) electrons. The van der Waals surface area contributed by atoms with Crippen molar-refractivity contribution in [2.45, 2.75) is 28.9 Å². The fourth-order valence-corrected chi connectivity index (χ4v) is 2.61. The molecule has 2 aromatic heterocycles. The number of nitrogens with one attached hydrogen (secondary N) is 2. The number of hydrogen-bond acceptors (Lipinski definition) is 6. The number of H-pyrrole nitrogens is 1. The third kappa shape index (κ3) is 2.12. The molecule has 7 nitrogen and oxygen atoms in total. The number of aromatic amines is 1. The van der Waals surface area contributed by atoms with Gasteiger partial charge in [0.25, 0.3) is 0 Å². The first-order valence-electron chi connectivity index (χ1n) is 5.55. The van der Waals surface area contributed by atoms with E-state index in [1.165, 1.54) is 11.8 Å². The number of nitrogen functional groups attached to an aromatic ring is 1. The summed E-state index contributed by atoms with van der Waals surface area (Å²) in [6, 6.07) is 3.95. The second-order valence-corrected chi connectivity index (χ2v) is 5.08. The lowest BCUT2D eigenvalue weighted by molar-refractivity contribution is 0.642. The molecule has 3 rings (SSSR count). The van der Waals surface area contributed by atoms with E-state index in [4.69, 9.17) is 5.84 Å². The molecule has 0 aromatic carbocycles. The minimum absolute atomic E-state index is 0.147. The van der Waals surface area contributed by atoms with Crippen LogP contribution in [0.15, 0.2) is 33.2 Å². The SMILES string of the molecule is NNc1cc(Sc2n[nH]c(=O)n2C2CC2)ccn1. The summed E-state index contributed by atoms with van der Waals surface area (Å²) in [5.74, 6) is 5.89. The van der Waals surface area contributed by atoms with Gasteiger partial charge in [0.1, 0.15) is 5.82 Å². The third-order valence-corrected chi connectivity index (χ3v) is 3.63. The van der Waals surface area contributed by atoms with Gasteiger partial charge >= 0.3 is 5.69 Å². The molecular weight excluding hydrogens is 252 g/mol. The molecule has 1 saturated carbocycles. The number of nitrogens with zero attached hydrogens (tertiary/aromatic N) is 3. The van der Waals surface area contributed by atoms with Crippen LogP contribution in [0.5, 0.6) is 0 Å². The molecule has 18 heavy (non-hydrogen) atoms. The number of hydrogen-bond donors (Lipinski definition) is 3. The molecular formula is C10H12N6OS. The van der Waals surface area contributed by atoms with Gasteiger partial charge in [0.2, 0.25) is 0 Å². The van der Waals surface area contributed by atoms with Crippen LogP contribution in [0.1, 0.15) is 18.9 Å². The van der Waals surface area contributed by atoms with Crippen LogP contribution in [-0.2, 0) is 0 Å². The minimum Gasteiger partial charge on any atom is -0.308 e. The van der Waals surface area contributed by atoms with Crippen LogP contribution in [0.25, 0.3) is 0 Å². The van der Waals surface area contributed by atoms with Gasteiger partial charge in [-0.2, -0.15) is 0 Å². The molecule has 8 heteroatoms. The number of aromatic nitrogens is 4. The minimum atomic E-state index is -0.147. The molecule has 0 aliphatic heterocycles. The molecule has 2 aromatic rings. The predicted molar refractivity (Wildman–Crippen MR) is 67.3 cm³/mol. The number of hydrazine groups is 1. The van der Waals surface area contributed by atoms with Crippen molar-refractivity contribution in [3.05, 3.63) is 28.8 Å². The van der Waals surface area contributed by atoms with Crippen LogP contribution in [0.2, 0.25) is 0 Å². The van der Waals surface area contributed by atoms with Gasteiger partial charge in [0.15, 0.2) is 5.16 Å². The number of anilines is 1. The summed E-state index contributed by atoms with van der Waals surface area (Å²) < 4.78 is 1.71. The Labute approximate surface area is 107 Å². The van der Waals surface area contributed by atoms with Gasteiger partial charge in [-0.3, -0.25) is 4.57 Å². The number of nitrogens with two attached hydrogens (primary N) is 1. The molecule has 2 heterocycles. The zero-order valence-electron chi connectivity index (χ0n) is 9.46. The number of pyridine rings is 1. The first-order valence-corrected chi connectivity index (χ1v) is 6.37. The molecule has 0 unspecified atom stereocenters. The standard InChI is InChI=1S/C10H12N6OS/c11-13-8-5-7(3-4-12-8)18-10-15-14-9(17)16(10)6-1-2-6/h3-6H,1-2,11H2,(H,12,13)(H,14,17). The first-order chi connectivity index (χ1) is 8.78. The highest BCUT2D eigenvalue weighted by molar-refractivity contribution is 7.99. The Morgan fingerprint density at radius 1 is 1.56 bits per heavy atom. The van der Waals surface area contributed by atoms with Crippen molar-refractivity contribution >= 4 is 17.6 Å². The van der Waals surface area contributed by atoms with E-state index in [0.717, 1.165) is 17.7 Å². The zero-order valence-corrected chi connectivity index (χ0v) is 10.3. The van der Waals surface area contributed by atoms with Crippen molar-refractivity contribution in [2.75, 3.05) is 5.43 Å². The molecule has 0 bridgehead atoms. The van der Waals surface area contributed by atoms with Crippen molar-refractivity contribution in [2.24, 2.45) is 5.84 Å². The summed E-state index contributed by atoms with van der Waals surface area (Å²) >= 11 is 1.42. The highest BCUT2D eigenvalue weighted by atomic mass is 32.2. The van der Waals surface area contributed by atoms with E-state index in [2.05, 4.69) is 20.6 Å². The van der Waals surface area contributed by atoms with Crippen molar-refractivity contribution in [3.63, 3.8) is 0 Å². The van der Waals surface area contributed by atoms with E-state index in [0.29, 0.717) is 17.0 Å². The van der Waals surface area contributed by atoms with Gasteiger partial charge in [-0.25, -0.2) is 20.7 Å². The van der Waals surface area contributed by atoms with Gasteiger partial charge in [-0.1, -0.05) is 0 Å². The average Bonchev–Trinajstić information content (AvgIpc) is 3.15. The quantitative estimate of drug-likeness (QED) is 0.556. The van der Waals surface area contributed by atoms with E-state index in [-0.39, 0.29) is 5.69 Å². The zero-order chi connectivity index (χ0) is 12.5. The Morgan fingerprint density at radius 2 is 2.39 bits per heavy atom. The van der Waals surface area contributed by atoms with Crippen molar-refractivity contribution in [1.82, 2.24) is 19.7 Å². The Morgan fingerprint density at radius 3 is 3.11 bits per heavy atom. The monoisotopic (exact) mass is 264 g/mol. The summed E-state index contributed by atoms with van der Waals surface area (Å²) in [7, 11) is 0. The molecule has 1 aliphatic carbocycles. The second kappa shape index (κ2) is 4.46. The lowest BCUT2D eigenvalue weighted by Gasteiger charge is -2.04. The predicted octanol–water partition coefficient (Wildman–Crippen LogP) is 0.738. The van der Waals surface area contributed by atoms with Crippen LogP contribution in [-0.4, -0.2) is 19.7 Å². The normalized spacial score (nSPS) is 14.7. The maximum atomic E-state index is 11.6. The average molecular weight is 264 g/mol. The fraction of sp³-hybridized carbons (Fsp3) is 0.300. The van der Waals surface area contributed by atoms with Gasteiger partial charge in [-0.05, 0) is 36.7 Å². The molecule has 0 spiro atoms. The maximum Gasteiger partial charge on any atom is 0.344 e. The van der Waals surface area contributed by atoms with Crippen molar-refractivity contribution in [1.29, 1.82) is 0 Å². The van der Waals surface area contributed by atoms with Crippen LogP contribution >= 0.6 is 11.8 Å². The molecule has 94 valence electrons. The van der Waals surface area contributed by atoms with Crippen molar-refractivity contribution in [3.8, 4) is 0 Å². The van der Waals surface area contributed by atoms with Gasteiger partial charge in [0.05, 0.1) is 0 Å². The topological polar surface area (TPSA) is 102 Å². The maximum absolute atomic E-state index is 11.6. The Kier molecular flexibility index (Phi) is 2.80. The van der Waals surface area contributed by atoms with Crippen LogP contribution in [0.3, 0.4) is 0 Å². The Bertz CT molecular complexity index is 617. The van der Waals surface area contributed by atoms with Gasteiger partial charge < -0.3 is 5.43 Å². The smallest absolute Gasteiger partial charge is 0.308 e. The van der Waals surface area contributed by atoms with Crippen LogP contribution in [0.4, 0.5) is 5.82 Å². The van der Waals surface area contributed by atoms with E-state index in [1.807, 2.05) is 6.07 Å². The van der Waals surface area contributed by atoms with E-state index < -0.39 is 0 Å². The lowest BCUT2D eigenvalue weighted by Crippen LogP contribution is -2.16. The summed E-state index contributed by atoms with van der Waals surface area (Å²) in [4.78, 5) is 16.6. The third-order valence-electron chi connectivity index (χ3n) is 2.67. The van der Waals surface area contributed by atoms with E-state index >= 15 is 0 Å². The molecule has 4 N–H and O–H groups in total. The Balaban J connectivity index is 1.89. The summed E-state index contributed by atoms with van der Waals surface area (Å²) in [5, 5.41) is 7.21. The highest BCUT2D eigenvalue weighted by Crippen LogP contribution is 2.37.